The van der Waals surface area contributed by atoms with Crippen LogP contribution in [0.5, 0.6) is 0 Å². The normalized spacial score (nSPS) is 40.2. The van der Waals surface area contributed by atoms with E-state index >= 15 is 0 Å². The van der Waals surface area contributed by atoms with Gasteiger partial charge in [-0.15, -0.1) is 11.6 Å². The van der Waals surface area contributed by atoms with Crippen molar-refractivity contribution in [3.05, 3.63) is 0 Å². The number of fused-ring (bicyclic) bond motifs is 1. The van der Waals surface area contributed by atoms with Crippen LogP contribution in [0, 0.1) is 0 Å². The van der Waals surface area contributed by atoms with Crippen molar-refractivity contribution in [1.82, 2.24) is 4.90 Å². The highest BCUT2D eigenvalue weighted by Crippen LogP contribution is 2.29. The number of hydrogen-bond acceptors (Lipinski definition) is 3. The van der Waals surface area contributed by atoms with Crippen molar-refractivity contribution < 1.29 is 14.3 Å². The second-order valence-electron chi connectivity index (χ2n) is 3.00. The number of nitrogens with zero attached hydrogens (tertiary/aromatic N) is 1. The summed E-state index contributed by atoms with van der Waals surface area (Å²) in [5.74, 6) is -0.0461. The number of ketones is 1. The third-order valence-electron chi connectivity index (χ3n) is 2.29. The first-order valence-electron chi connectivity index (χ1n) is 3.73. The molecule has 2 saturated heterocycles. The number of rotatable bonds is 1. The van der Waals surface area contributed by atoms with Crippen LogP contribution in [-0.4, -0.2) is 47.8 Å². The number of carbonyl (C=O) groups excluding carboxylic acids is 2. The molecule has 0 aliphatic carbocycles. The summed E-state index contributed by atoms with van der Waals surface area (Å²) in [5, 5.41) is -0.244. The monoisotopic (exact) mass is 189 g/mol. The Morgan fingerprint density at radius 2 is 2.42 bits per heavy atom. The minimum atomic E-state index is -0.426. The Bertz CT molecular complexity index is 233. The molecule has 4 nitrogen and oxygen atoms in total. The van der Waals surface area contributed by atoms with Gasteiger partial charge in [-0.2, -0.15) is 0 Å². The van der Waals surface area contributed by atoms with Crippen molar-refractivity contribution in [1.29, 1.82) is 0 Å². The minimum absolute atomic E-state index is 0.0461. The molecule has 5 heteroatoms. The van der Waals surface area contributed by atoms with E-state index in [1.807, 2.05) is 0 Å². The molecule has 12 heavy (non-hydrogen) atoms. The summed E-state index contributed by atoms with van der Waals surface area (Å²) in [6.45, 7) is 0.495. The Morgan fingerprint density at radius 3 is 3.08 bits per heavy atom. The molecule has 0 aromatic heterocycles. The number of ether oxygens (including phenoxy) is 1. The molecule has 0 saturated carbocycles. The Labute approximate surface area is 74.4 Å². The van der Waals surface area contributed by atoms with Gasteiger partial charge in [0.1, 0.15) is 18.8 Å². The lowest BCUT2D eigenvalue weighted by Gasteiger charge is -2.14. The fourth-order valence-electron chi connectivity index (χ4n) is 1.74. The maximum atomic E-state index is 11.2. The zero-order valence-corrected chi connectivity index (χ0v) is 7.03. The van der Waals surface area contributed by atoms with Crippen molar-refractivity contribution in [2.75, 3.05) is 13.2 Å². The quantitative estimate of drug-likeness (QED) is 0.409. The number of carbonyl (C=O) groups is 2. The number of Topliss-reactive ketones (excluding diaryl/α,β-unsaturated/α-hetero) is 1. The SMILES string of the molecule is O=CN1C[C@H](Cl)C2OCC(=O)[C@H]21. The number of hydrogen-bond donors (Lipinski definition) is 0. The summed E-state index contributed by atoms with van der Waals surface area (Å²) in [6, 6.07) is -0.426. The molecule has 0 radical (unpaired) electrons. The second-order valence-corrected chi connectivity index (χ2v) is 3.57. The van der Waals surface area contributed by atoms with Crippen LogP contribution < -0.4 is 0 Å². The molecule has 1 amide bonds. The predicted molar refractivity (Wildman–Crippen MR) is 40.9 cm³/mol. The molecule has 0 aromatic rings. The molecule has 0 N–H and O–H groups in total. The first-order chi connectivity index (χ1) is 5.74. The Kier molecular flexibility index (Phi) is 1.81. The molecule has 0 bridgehead atoms. The van der Waals surface area contributed by atoms with Gasteiger partial charge in [-0.25, -0.2) is 0 Å². The van der Waals surface area contributed by atoms with Crippen LogP contribution >= 0.6 is 11.6 Å². The summed E-state index contributed by atoms with van der Waals surface area (Å²) in [7, 11) is 0. The maximum Gasteiger partial charge on any atom is 0.210 e. The van der Waals surface area contributed by atoms with E-state index in [0.29, 0.717) is 13.0 Å². The van der Waals surface area contributed by atoms with E-state index in [1.165, 1.54) is 4.90 Å². The van der Waals surface area contributed by atoms with E-state index in [4.69, 9.17) is 16.3 Å². The first kappa shape index (κ1) is 8.01. The standard InChI is InChI=1S/C7H8ClNO3/c8-4-1-9(3-10)6-5(11)2-12-7(4)6/h3-4,6-7H,1-2H2/t4-,6+,7?/m0/s1. The molecule has 2 aliphatic rings. The Hall–Kier alpha value is -0.610. The maximum absolute atomic E-state index is 11.2. The lowest BCUT2D eigenvalue weighted by Crippen LogP contribution is -2.36. The highest BCUT2D eigenvalue weighted by molar-refractivity contribution is 6.22. The lowest BCUT2D eigenvalue weighted by molar-refractivity contribution is -0.127. The smallest absolute Gasteiger partial charge is 0.210 e. The van der Waals surface area contributed by atoms with Gasteiger partial charge in [0.15, 0.2) is 5.78 Å². The predicted octanol–water partition coefficient (Wildman–Crippen LogP) is -0.598. The third kappa shape index (κ3) is 0.949. The van der Waals surface area contributed by atoms with Crippen LogP contribution in [0.1, 0.15) is 0 Å². The average Bonchev–Trinajstić information content (AvgIpc) is 2.56. The number of amides is 1. The van der Waals surface area contributed by atoms with Gasteiger partial charge in [-0.1, -0.05) is 0 Å². The number of alkyl halides is 1. The van der Waals surface area contributed by atoms with Crippen molar-refractivity contribution in [3.8, 4) is 0 Å². The summed E-state index contributed by atoms with van der Waals surface area (Å²) in [6.07, 6.45) is 0.372. The van der Waals surface area contributed by atoms with Gasteiger partial charge >= 0.3 is 0 Å². The van der Waals surface area contributed by atoms with Gasteiger partial charge in [0.2, 0.25) is 6.41 Å². The van der Waals surface area contributed by atoms with Crippen molar-refractivity contribution in [2.45, 2.75) is 17.5 Å². The summed E-state index contributed by atoms with van der Waals surface area (Å²) >= 11 is 5.87. The van der Waals surface area contributed by atoms with Crippen molar-refractivity contribution in [3.63, 3.8) is 0 Å². The van der Waals surface area contributed by atoms with Crippen LogP contribution in [0.3, 0.4) is 0 Å². The molecule has 3 atom stereocenters. The zero-order valence-electron chi connectivity index (χ0n) is 6.27. The number of likely N-dealkylation sites (tertiary alicyclic amines) is 1. The van der Waals surface area contributed by atoms with Crippen molar-refractivity contribution >= 4 is 23.8 Å². The van der Waals surface area contributed by atoms with E-state index in [2.05, 4.69) is 0 Å². The second kappa shape index (κ2) is 2.71. The average molecular weight is 190 g/mol. The van der Waals surface area contributed by atoms with Gasteiger partial charge in [0, 0.05) is 6.54 Å². The zero-order chi connectivity index (χ0) is 8.72. The lowest BCUT2D eigenvalue weighted by atomic mass is 10.1. The van der Waals surface area contributed by atoms with Gasteiger partial charge in [-0.3, -0.25) is 9.59 Å². The minimum Gasteiger partial charge on any atom is -0.366 e. The fourth-order valence-corrected chi connectivity index (χ4v) is 2.11. The van der Waals surface area contributed by atoms with Crippen LogP contribution in [0.2, 0.25) is 0 Å². The molecule has 2 fully saturated rings. The van der Waals surface area contributed by atoms with E-state index in [0.717, 1.165) is 0 Å². The van der Waals surface area contributed by atoms with Gasteiger partial charge in [0.05, 0.1) is 5.38 Å². The molecule has 2 aliphatic heterocycles. The molecule has 2 heterocycles. The van der Waals surface area contributed by atoms with E-state index in [-0.39, 0.29) is 23.9 Å². The highest BCUT2D eigenvalue weighted by Gasteiger charge is 2.49. The Morgan fingerprint density at radius 1 is 1.67 bits per heavy atom. The molecule has 0 aromatic carbocycles. The van der Waals surface area contributed by atoms with E-state index in [1.54, 1.807) is 0 Å². The molecular formula is C7H8ClNO3. The molecule has 2 rings (SSSR count). The highest BCUT2D eigenvalue weighted by atomic mass is 35.5. The fraction of sp³-hybridized carbons (Fsp3) is 0.714. The van der Waals surface area contributed by atoms with Gasteiger partial charge in [-0.05, 0) is 0 Å². The Balaban J connectivity index is 2.23. The van der Waals surface area contributed by atoms with E-state index < -0.39 is 6.04 Å². The topological polar surface area (TPSA) is 46.6 Å². The summed E-state index contributed by atoms with van der Waals surface area (Å²) < 4.78 is 5.15. The molecular weight excluding hydrogens is 182 g/mol. The summed E-state index contributed by atoms with van der Waals surface area (Å²) in [5.41, 5.74) is 0. The largest absolute Gasteiger partial charge is 0.366 e. The van der Waals surface area contributed by atoms with Crippen LogP contribution in [0.15, 0.2) is 0 Å². The number of halogens is 1. The third-order valence-corrected chi connectivity index (χ3v) is 2.68. The van der Waals surface area contributed by atoms with Crippen LogP contribution in [0.4, 0.5) is 0 Å². The van der Waals surface area contributed by atoms with Crippen molar-refractivity contribution in [2.24, 2.45) is 0 Å². The summed E-state index contributed by atoms with van der Waals surface area (Å²) in [4.78, 5) is 23.1. The first-order valence-corrected chi connectivity index (χ1v) is 4.17. The van der Waals surface area contributed by atoms with Crippen LogP contribution in [0.25, 0.3) is 0 Å². The van der Waals surface area contributed by atoms with Crippen LogP contribution in [-0.2, 0) is 14.3 Å². The molecule has 0 spiro atoms. The van der Waals surface area contributed by atoms with Gasteiger partial charge < -0.3 is 9.64 Å². The molecule has 66 valence electrons. The van der Waals surface area contributed by atoms with E-state index in [9.17, 15) is 9.59 Å². The molecule has 1 unspecified atom stereocenters. The van der Waals surface area contributed by atoms with Gasteiger partial charge in [0.25, 0.3) is 0 Å².